The normalized spacial score (nSPS) is 10.3. The van der Waals surface area contributed by atoms with Crippen LogP contribution < -0.4 is 0 Å². The quantitative estimate of drug-likeness (QED) is 0.268. The summed E-state index contributed by atoms with van der Waals surface area (Å²) in [6.07, 6.45) is 3.21. The van der Waals surface area contributed by atoms with Crippen molar-refractivity contribution < 1.29 is 34.0 Å². The second-order valence-corrected chi connectivity index (χ2v) is 6.73. The Morgan fingerprint density at radius 3 is 2.32 bits per heavy atom. The van der Waals surface area contributed by atoms with Crippen LogP contribution in [-0.2, 0) is 25.5 Å². The maximum Gasteiger partial charge on any atom is 0.134 e. The van der Waals surface area contributed by atoms with Gasteiger partial charge in [-0.3, -0.25) is 9.97 Å². The number of aromatic nitrogens is 3. The number of hydrogen-bond donors (Lipinski definition) is 1. The summed E-state index contributed by atoms with van der Waals surface area (Å²) >= 11 is 0. The zero-order valence-electron chi connectivity index (χ0n) is 15.7. The minimum atomic E-state index is -0.895. The zero-order chi connectivity index (χ0) is 20.0. The summed E-state index contributed by atoms with van der Waals surface area (Å²) in [7, 11) is 0. The van der Waals surface area contributed by atoms with Crippen molar-refractivity contribution in [3.63, 3.8) is 0 Å². The third-order valence-electron chi connectivity index (χ3n) is 3.59. The first-order valence-electron chi connectivity index (χ1n) is 8.18. The van der Waals surface area contributed by atoms with Gasteiger partial charge in [-0.15, -0.1) is 6.07 Å². The van der Waals surface area contributed by atoms with Crippen LogP contribution in [0.15, 0.2) is 55.4 Å². The molecule has 0 fully saturated rings. The van der Waals surface area contributed by atoms with Gasteiger partial charge in [-0.25, -0.2) is 8.78 Å². The van der Waals surface area contributed by atoms with Crippen LogP contribution in [0, 0.1) is 18.0 Å². The number of rotatable bonds is 2. The Bertz CT molecular complexity index is 928. The predicted octanol–water partition coefficient (Wildman–Crippen LogP) is 5.13. The van der Waals surface area contributed by atoms with Gasteiger partial charge < -0.3 is 10.1 Å². The maximum absolute atomic E-state index is 13.5. The van der Waals surface area contributed by atoms with E-state index in [4.69, 9.17) is 5.11 Å². The van der Waals surface area contributed by atoms with Crippen LogP contribution in [-0.4, -0.2) is 20.1 Å². The van der Waals surface area contributed by atoms with Crippen LogP contribution in [0.1, 0.15) is 32.0 Å². The average molecular weight is 561 g/mol. The van der Waals surface area contributed by atoms with E-state index >= 15 is 0 Å². The molecule has 149 valence electrons. The molecule has 3 rings (SSSR count). The van der Waals surface area contributed by atoms with Gasteiger partial charge in [0.1, 0.15) is 23.3 Å². The molecular weight excluding hydrogens is 540 g/mol. The number of pyridine rings is 3. The Labute approximate surface area is 176 Å². The van der Waals surface area contributed by atoms with Gasteiger partial charge in [0, 0.05) is 32.5 Å². The van der Waals surface area contributed by atoms with Crippen molar-refractivity contribution in [2.45, 2.75) is 26.2 Å². The number of aliphatic hydroxyl groups is 1. The molecule has 0 saturated heterocycles. The second-order valence-electron chi connectivity index (χ2n) is 6.73. The molecule has 0 saturated carbocycles. The van der Waals surface area contributed by atoms with Gasteiger partial charge in [0.25, 0.3) is 0 Å². The van der Waals surface area contributed by atoms with Crippen molar-refractivity contribution >= 4 is 5.76 Å². The molecule has 4 nitrogen and oxygen atoms in total. The van der Waals surface area contributed by atoms with Gasteiger partial charge in [-0.2, -0.15) is 0 Å². The molecule has 0 spiro atoms. The minimum absolute atomic E-state index is 0. The average Bonchev–Trinajstić information content (AvgIpc) is 2.62. The van der Waals surface area contributed by atoms with E-state index in [9.17, 15) is 8.78 Å². The van der Waals surface area contributed by atoms with Crippen LogP contribution in [0.2, 0.25) is 0 Å². The molecule has 3 aromatic rings. The first-order chi connectivity index (χ1) is 12.7. The van der Waals surface area contributed by atoms with Crippen LogP contribution in [0.3, 0.4) is 0 Å². The van der Waals surface area contributed by atoms with E-state index in [1.807, 2.05) is 6.07 Å². The molecule has 7 heteroatoms. The van der Waals surface area contributed by atoms with Crippen molar-refractivity contribution in [1.29, 1.82) is 0 Å². The summed E-state index contributed by atoms with van der Waals surface area (Å²) in [6, 6.07) is 12.5. The summed E-state index contributed by atoms with van der Waals surface area (Å²) in [4.78, 5) is 11.0. The van der Waals surface area contributed by atoms with Gasteiger partial charge >= 0.3 is 0 Å². The molecule has 0 aliphatic carbocycles. The number of aliphatic hydroxyl groups excluding tert-OH is 1. The molecule has 1 N–H and O–H groups in total. The topological polar surface area (TPSA) is 58.9 Å². The molecule has 0 bridgehead atoms. The second kappa shape index (κ2) is 10.2. The van der Waals surface area contributed by atoms with Crippen molar-refractivity contribution in [2.75, 3.05) is 0 Å². The van der Waals surface area contributed by atoms with E-state index in [1.54, 1.807) is 36.7 Å². The Morgan fingerprint density at radius 1 is 1.11 bits per heavy atom. The smallest absolute Gasteiger partial charge is 0.134 e. The molecule has 0 aliphatic rings. The summed E-state index contributed by atoms with van der Waals surface area (Å²) in [5.74, 6) is -1.77. The third-order valence-corrected chi connectivity index (χ3v) is 3.59. The Kier molecular flexibility index (Phi) is 8.54. The van der Waals surface area contributed by atoms with Gasteiger partial charge in [-0.05, 0) is 34.9 Å². The Morgan fingerprint density at radius 2 is 1.82 bits per heavy atom. The molecule has 28 heavy (non-hydrogen) atoms. The summed E-state index contributed by atoms with van der Waals surface area (Å²) in [5.41, 5.74) is 1.97. The van der Waals surface area contributed by atoms with Gasteiger partial charge in [0.05, 0.1) is 0 Å². The van der Waals surface area contributed by atoms with E-state index in [2.05, 4.69) is 48.4 Å². The van der Waals surface area contributed by atoms with E-state index in [0.717, 1.165) is 11.6 Å². The van der Waals surface area contributed by atoms with Crippen molar-refractivity contribution in [3.05, 3.63) is 84.6 Å². The summed E-state index contributed by atoms with van der Waals surface area (Å²) in [5, 5.41) is 8.77. The van der Waals surface area contributed by atoms with Crippen LogP contribution in [0.4, 0.5) is 8.78 Å². The van der Waals surface area contributed by atoms with Crippen molar-refractivity contribution in [2.24, 2.45) is 0 Å². The standard InChI is InChI=1S/C14H13F2N2.C7H7NO.Ir/c1-14(2,3)9-6-7-17-11(8-9)10-4-5-12(15)18-13(10)16;1-6(9)7-4-2-3-5-8-7;/h5-8H,1-3H3;2-5,9H,1H2;/q-1;;. The fraction of sp³-hybridized carbons (Fsp3) is 0.190. The monoisotopic (exact) mass is 561 g/mol. The number of nitrogens with zero attached hydrogens (tertiary/aromatic N) is 3. The number of hydrogen-bond acceptors (Lipinski definition) is 4. The molecule has 3 heterocycles. The number of halogens is 2. The van der Waals surface area contributed by atoms with Crippen molar-refractivity contribution in [1.82, 2.24) is 15.0 Å². The zero-order valence-corrected chi connectivity index (χ0v) is 18.1. The molecule has 0 aliphatic heterocycles. The van der Waals surface area contributed by atoms with E-state index < -0.39 is 11.9 Å². The van der Waals surface area contributed by atoms with E-state index in [-0.39, 0.29) is 36.8 Å². The molecule has 1 radical (unpaired) electrons. The fourth-order valence-corrected chi connectivity index (χ4v) is 2.12. The molecule has 0 atom stereocenters. The maximum atomic E-state index is 13.5. The molecule has 3 aromatic heterocycles. The Balaban J connectivity index is 0.000000332. The summed E-state index contributed by atoms with van der Waals surface area (Å²) in [6.45, 7) is 9.47. The van der Waals surface area contributed by atoms with Gasteiger partial charge in [0.2, 0.25) is 0 Å². The van der Waals surface area contributed by atoms with Crippen molar-refractivity contribution in [3.8, 4) is 11.3 Å². The van der Waals surface area contributed by atoms with Gasteiger partial charge in [0.15, 0.2) is 0 Å². The Hall–Kier alpha value is -2.50. The summed E-state index contributed by atoms with van der Waals surface area (Å²) < 4.78 is 26.3. The first kappa shape index (κ1) is 23.5. The largest absolute Gasteiger partial charge is 0.506 e. The van der Waals surface area contributed by atoms with Crippen LogP contribution >= 0.6 is 0 Å². The first-order valence-corrected chi connectivity index (χ1v) is 8.18. The van der Waals surface area contributed by atoms with E-state index in [1.165, 1.54) is 0 Å². The molecular formula is C21H20F2IrN3O-. The minimum Gasteiger partial charge on any atom is -0.506 e. The molecule has 0 aromatic carbocycles. The third kappa shape index (κ3) is 6.59. The van der Waals surface area contributed by atoms with E-state index in [0.29, 0.717) is 11.4 Å². The molecule has 0 amide bonds. The fourth-order valence-electron chi connectivity index (χ4n) is 2.12. The van der Waals surface area contributed by atoms with Gasteiger partial charge in [-0.1, -0.05) is 51.1 Å². The predicted molar refractivity (Wildman–Crippen MR) is 101 cm³/mol. The SMILES string of the molecule is C=C(O)c1ccccn1.CC(C)(C)c1ccnc(-c2[c-]cc(F)nc2F)c1.[Ir]. The molecule has 0 unspecified atom stereocenters. The van der Waals surface area contributed by atoms with Crippen LogP contribution in [0.5, 0.6) is 0 Å². The van der Waals surface area contributed by atoms with Crippen LogP contribution in [0.25, 0.3) is 17.0 Å².